The monoisotopic (exact) mass is 526 g/mol. The quantitative estimate of drug-likeness (QED) is 0.213. The van der Waals surface area contributed by atoms with Crippen molar-refractivity contribution in [1.29, 1.82) is 0 Å². The second-order valence-electron chi connectivity index (χ2n) is 9.00. The van der Waals surface area contributed by atoms with Crippen LogP contribution in [-0.4, -0.2) is 20.6 Å². The van der Waals surface area contributed by atoms with Crippen molar-refractivity contribution in [1.82, 2.24) is 9.55 Å². The Kier molecular flexibility index (Phi) is 6.81. The Labute approximate surface area is 215 Å². The molecule has 0 aliphatic heterocycles. The molecule has 1 heterocycles. The molecule has 9 heteroatoms. The van der Waals surface area contributed by atoms with Crippen LogP contribution in [0.2, 0.25) is 0 Å². The molecular weight excluding hydrogens is 504 g/mol. The van der Waals surface area contributed by atoms with E-state index in [4.69, 9.17) is 10.1 Å². The molecule has 0 fully saturated rings. The van der Waals surface area contributed by atoms with Gasteiger partial charge in [-0.1, -0.05) is 23.9 Å². The number of aromatic nitrogens is 2. The highest BCUT2D eigenvalue weighted by Gasteiger charge is 2.30. The highest BCUT2D eigenvalue weighted by Crippen LogP contribution is 2.41. The average molecular weight is 527 g/mol. The number of hydrogen-bond donors (Lipinski definition) is 1. The Morgan fingerprint density at radius 1 is 1.03 bits per heavy atom. The number of carboxylic acids is 1. The fourth-order valence-corrected chi connectivity index (χ4v) is 5.81. The van der Waals surface area contributed by atoms with Gasteiger partial charge in [0.2, 0.25) is 0 Å². The van der Waals surface area contributed by atoms with E-state index in [-0.39, 0.29) is 23.1 Å². The molecule has 0 saturated heterocycles. The van der Waals surface area contributed by atoms with Crippen LogP contribution in [0.1, 0.15) is 57.2 Å². The molecule has 1 aliphatic rings. The van der Waals surface area contributed by atoms with E-state index < -0.39 is 29.0 Å². The number of imidazole rings is 1. The molecule has 1 aliphatic carbocycles. The van der Waals surface area contributed by atoms with Crippen LogP contribution < -0.4 is 0 Å². The molecule has 4 nitrogen and oxygen atoms in total. The van der Waals surface area contributed by atoms with Crippen molar-refractivity contribution in [2.24, 2.45) is 0 Å². The highest BCUT2D eigenvalue weighted by atomic mass is 32.2. The maximum absolute atomic E-state index is 14.6. The summed E-state index contributed by atoms with van der Waals surface area (Å²) in [5, 5.41) is 9.54. The van der Waals surface area contributed by atoms with E-state index in [1.54, 1.807) is 25.1 Å². The third kappa shape index (κ3) is 4.87. The van der Waals surface area contributed by atoms with E-state index in [1.807, 2.05) is 10.6 Å². The zero-order valence-corrected chi connectivity index (χ0v) is 20.6. The largest absolute Gasteiger partial charge is 0.478 e. The summed E-state index contributed by atoms with van der Waals surface area (Å²) in [5.41, 5.74) is 3.09. The lowest BCUT2D eigenvalue weighted by atomic mass is 9.83. The van der Waals surface area contributed by atoms with E-state index in [0.29, 0.717) is 22.8 Å². The molecule has 1 aromatic heterocycles. The van der Waals surface area contributed by atoms with Crippen LogP contribution in [-0.2, 0) is 12.2 Å². The number of rotatable bonds is 6. The van der Waals surface area contributed by atoms with Crippen molar-refractivity contribution in [3.8, 4) is 5.69 Å². The van der Waals surface area contributed by atoms with Crippen LogP contribution >= 0.6 is 11.8 Å². The summed E-state index contributed by atoms with van der Waals surface area (Å²) in [6.07, 6.45) is 2.36. The van der Waals surface area contributed by atoms with Crippen LogP contribution in [0.15, 0.2) is 59.8 Å². The van der Waals surface area contributed by atoms with E-state index in [9.17, 15) is 22.4 Å². The molecule has 0 bridgehead atoms. The number of nitrogens with zero attached hydrogens (tertiary/aromatic N) is 2. The number of aromatic carboxylic acids is 1. The Morgan fingerprint density at radius 3 is 2.38 bits per heavy atom. The number of halogens is 4. The van der Waals surface area contributed by atoms with Gasteiger partial charge >= 0.3 is 5.97 Å². The predicted molar refractivity (Wildman–Crippen MR) is 132 cm³/mol. The maximum Gasteiger partial charge on any atom is 0.335 e. The number of carbonyl (C=O) groups is 1. The lowest BCUT2D eigenvalue weighted by Crippen LogP contribution is -2.15. The van der Waals surface area contributed by atoms with Gasteiger partial charge in [0.15, 0.2) is 5.16 Å². The molecule has 0 spiro atoms. The lowest BCUT2D eigenvalue weighted by molar-refractivity contribution is 0.0695. The summed E-state index contributed by atoms with van der Waals surface area (Å²) in [5.74, 6) is -4.24. The minimum atomic E-state index is -1.42. The summed E-state index contributed by atoms with van der Waals surface area (Å²) in [6.45, 7) is 1.71. The molecule has 0 saturated carbocycles. The maximum atomic E-state index is 14.6. The first kappa shape index (κ1) is 25.1. The Morgan fingerprint density at radius 2 is 1.73 bits per heavy atom. The fourth-order valence-electron chi connectivity index (χ4n) is 4.75. The molecule has 3 aromatic carbocycles. The molecule has 1 atom stereocenters. The third-order valence-electron chi connectivity index (χ3n) is 6.60. The van der Waals surface area contributed by atoms with Gasteiger partial charge in [0.1, 0.15) is 23.3 Å². The molecule has 1 unspecified atom stereocenters. The molecular formula is C28H22F4N2O2S. The summed E-state index contributed by atoms with van der Waals surface area (Å²) < 4.78 is 58.8. The SMILES string of the molecule is Cc1cc(C2CCCc3nc(SCc4c(F)cc(C(=O)O)cc4F)n(-c4ccc(F)cc4)c32)ccc1F. The number of thioether (sulfide) groups is 1. The smallest absolute Gasteiger partial charge is 0.335 e. The normalized spacial score (nSPS) is 15.0. The van der Waals surface area contributed by atoms with Gasteiger partial charge < -0.3 is 5.11 Å². The first-order valence-electron chi connectivity index (χ1n) is 11.7. The van der Waals surface area contributed by atoms with Gasteiger partial charge in [-0.15, -0.1) is 0 Å². The number of hydrogen-bond acceptors (Lipinski definition) is 3. The number of fused-ring (bicyclic) bond motifs is 1. The van der Waals surface area contributed by atoms with Gasteiger partial charge in [0, 0.05) is 22.9 Å². The average Bonchev–Trinajstić information content (AvgIpc) is 3.24. The van der Waals surface area contributed by atoms with Crippen molar-refractivity contribution in [3.63, 3.8) is 0 Å². The topological polar surface area (TPSA) is 55.1 Å². The van der Waals surface area contributed by atoms with Gasteiger partial charge in [0.25, 0.3) is 0 Å². The first-order chi connectivity index (χ1) is 17.7. The van der Waals surface area contributed by atoms with Crippen LogP contribution in [0.25, 0.3) is 5.69 Å². The van der Waals surface area contributed by atoms with E-state index in [2.05, 4.69) is 0 Å². The number of aryl methyl sites for hydroxylation is 2. The molecule has 190 valence electrons. The fraction of sp³-hybridized carbons (Fsp3) is 0.214. The highest BCUT2D eigenvalue weighted by molar-refractivity contribution is 7.98. The zero-order chi connectivity index (χ0) is 26.3. The Hall–Kier alpha value is -3.59. The second kappa shape index (κ2) is 10.0. The lowest BCUT2D eigenvalue weighted by Gasteiger charge is -2.25. The molecule has 1 N–H and O–H groups in total. The second-order valence-corrected chi connectivity index (χ2v) is 9.95. The third-order valence-corrected chi connectivity index (χ3v) is 7.56. The van der Waals surface area contributed by atoms with Crippen LogP contribution in [0.3, 0.4) is 0 Å². The summed E-state index contributed by atoms with van der Waals surface area (Å²) in [4.78, 5) is 15.9. The van der Waals surface area contributed by atoms with Crippen molar-refractivity contribution in [3.05, 3.63) is 112 Å². The first-order valence-corrected chi connectivity index (χ1v) is 12.7. The Balaban J connectivity index is 1.59. The van der Waals surface area contributed by atoms with Gasteiger partial charge in [-0.25, -0.2) is 27.3 Å². The van der Waals surface area contributed by atoms with Crippen molar-refractivity contribution in [2.45, 2.75) is 43.0 Å². The van der Waals surface area contributed by atoms with Gasteiger partial charge in [0.05, 0.1) is 17.0 Å². The van der Waals surface area contributed by atoms with Gasteiger partial charge in [-0.3, -0.25) is 4.57 Å². The Bertz CT molecular complexity index is 1480. The number of benzene rings is 3. The van der Waals surface area contributed by atoms with E-state index >= 15 is 0 Å². The van der Waals surface area contributed by atoms with Crippen LogP contribution in [0.4, 0.5) is 17.6 Å². The standard InChI is InChI=1S/C28H22F4N2O2S/c1-15-11-16(5-10-22(15)30)20-3-2-4-25-26(20)34(19-8-6-18(29)7-9-19)28(33-25)37-14-21-23(31)12-17(27(35)36)13-24(21)32/h5-13,20H,2-4,14H2,1H3,(H,35,36). The van der Waals surface area contributed by atoms with Gasteiger partial charge in [-0.05, 0) is 79.8 Å². The minimum Gasteiger partial charge on any atom is -0.478 e. The molecule has 37 heavy (non-hydrogen) atoms. The number of carboxylic acid groups (broad SMARTS) is 1. The molecule has 0 radical (unpaired) electrons. The van der Waals surface area contributed by atoms with Crippen molar-refractivity contribution in [2.75, 3.05) is 0 Å². The van der Waals surface area contributed by atoms with E-state index in [0.717, 1.165) is 53.7 Å². The van der Waals surface area contributed by atoms with Crippen molar-refractivity contribution >= 4 is 17.7 Å². The summed E-state index contributed by atoms with van der Waals surface area (Å²) in [7, 11) is 0. The van der Waals surface area contributed by atoms with Crippen molar-refractivity contribution < 1.29 is 27.5 Å². The predicted octanol–water partition coefficient (Wildman–Crippen LogP) is 7.20. The summed E-state index contributed by atoms with van der Waals surface area (Å²) in [6, 6.07) is 12.5. The zero-order valence-electron chi connectivity index (χ0n) is 19.8. The van der Waals surface area contributed by atoms with Crippen LogP contribution in [0, 0.1) is 30.2 Å². The van der Waals surface area contributed by atoms with E-state index in [1.165, 1.54) is 18.2 Å². The molecule has 5 rings (SSSR count). The summed E-state index contributed by atoms with van der Waals surface area (Å²) >= 11 is 1.11. The van der Waals surface area contributed by atoms with Crippen LogP contribution in [0.5, 0.6) is 0 Å². The molecule has 0 amide bonds. The van der Waals surface area contributed by atoms with Gasteiger partial charge in [-0.2, -0.15) is 0 Å². The minimum absolute atomic E-state index is 0.0988. The molecule has 4 aromatic rings.